The van der Waals surface area contributed by atoms with Crippen molar-refractivity contribution in [2.24, 2.45) is 5.92 Å². The van der Waals surface area contributed by atoms with Gasteiger partial charge in [-0.2, -0.15) is 5.10 Å². The first-order valence-electron chi connectivity index (χ1n) is 7.12. The maximum absolute atomic E-state index is 14.3. The molecule has 1 heterocycles. The number of aromatic nitrogens is 2. The Morgan fingerprint density at radius 1 is 1.33 bits per heavy atom. The zero-order valence-electron chi connectivity index (χ0n) is 12.9. The number of aryl methyl sites for hydroxylation is 1. The van der Waals surface area contributed by atoms with Gasteiger partial charge in [-0.1, -0.05) is 37.6 Å². The molecule has 0 radical (unpaired) electrons. The predicted octanol–water partition coefficient (Wildman–Crippen LogP) is 4.03. The van der Waals surface area contributed by atoms with Gasteiger partial charge in [0, 0.05) is 6.54 Å². The molecule has 0 aliphatic rings. The summed E-state index contributed by atoms with van der Waals surface area (Å²) in [6.07, 6.45) is 0. The van der Waals surface area contributed by atoms with Crippen molar-refractivity contribution in [1.29, 1.82) is 0 Å². The van der Waals surface area contributed by atoms with E-state index < -0.39 is 0 Å². The van der Waals surface area contributed by atoms with Crippen LogP contribution in [0.1, 0.15) is 30.8 Å². The van der Waals surface area contributed by atoms with E-state index in [1.54, 1.807) is 10.7 Å². The van der Waals surface area contributed by atoms with Crippen molar-refractivity contribution in [2.75, 3.05) is 6.54 Å². The number of para-hydroxylation sites is 1. The third-order valence-corrected chi connectivity index (χ3v) is 3.90. The SMILES string of the molecule is Cc1nn(-c2c(F)cccc2CNCC(C)C)c(C)c1Cl. The van der Waals surface area contributed by atoms with Gasteiger partial charge in [-0.25, -0.2) is 9.07 Å². The molecule has 0 saturated heterocycles. The van der Waals surface area contributed by atoms with Crippen molar-refractivity contribution in [3.63, 3.8) is 0 Å². The van der Waals surface area contributed by atoms with Gasteiger partial charge in [-0.3, -0.25) is 0 Å². The lowest BCUT2D eigenvalue weighted by atomic mass is 10.1. The van der Waals surface area contributed by atoms with Crippen LogP contribution in [0.5, 0.6) is 0 Å². The van der Waals surface area contributed by atoms with Crippen LogP contribution in [-0.4, -0.2) is 16.3 Å². The summed E-state index contributed by atoms with van der Waals surface area (Å²) in [6, 6.07) is 5.08. The summed E-state index contributed by atoms with van der Waals surface area (Å²) in [4.78, 5) is 0. The highest BCUT2D eigenvalue weighted by Gasteiger charge is 2.17. The summed E-state index contributed by atoms with van der Waals surface area (Å²) in [6.45, 7) is 9.43. The minimum Gasteiger partial charge on any atom is -0.312 e. The Morgan fingerprint density at radius 3 is 2.62 bits per heavy atom. The summed E-state index contributed by atoms with van der Waals surface area (Å²) < 4.78 is 15.9. The van der Waals surface area contributed by atoms with E-state index in [4.69, 9.17) is 11.6 Å². The maximum atomic E-state index is 14.3. The number of nitrogens with one attached hydrogen (secondary N) is 1. The predicted molar refractivity (Wildman–Crippen MR) is 84.6 cm³/mol. The Hall–Kier alpha value is -1.39. The molecule has 0 aliphatic carbocycles. The van der Waals surface area contributed by atoms with E-state index in [1.807, 2.05) is 19.9 Å². The van der Waals surface area contributed by atoms with Gasteiger partial charge in [0.1, 0.15) is 11.5 Å². The third-order valence-electron chi connectivity index (χ3n) is 3.35. The van der Waals surface area contributed by atoms with E-state index in [0.717, 1.165) is 17.8 Å². The number of halogens is 2. The van der Waals surface area contributed by atoms with Crippen LogP contribution in [0.3, 0.4) is 0 Å². The standard InChI is InChI=1S/C16H21ClFN3/c1-10(2)8-19-9-13-6-5-7-14(18)16(13)21-12(4)15(17)11(3)20-21/h5-7,10,19H,8-9H2,1-4H3. The first-order valence-corrected chi connectivity index (χ1v) is 7.49. The molecule has 0 unspecified atom stereocenters. The van der Waals surface area contributed by atoms with Crippen molar-refractivity contribution in [3.05, 3.63) is 46.0 Å². The summed E-state index contributed by atoms with van der Waals surface area (Å²) in [5.74, 6) is 0.256. The molecule has 0 spiro atoms. The Labute approximate surface area is 130 Å². The molecule has 5 heteroatoms. The number of rotatable bonds is 5. The summed E-state index contributed by atoms with van der Waals surface area (Å²) in [5.41, 5.74) is 2.81. The van der Waals surface area contributed by atoms with Gasteiger partial charge in [0.25, 0.3) is 0 Å². The molecule has 2 rings (SSSR count). The van der Waals surface area contributed by atoms with Gasteiger partial charge in [0.2, 0.25) is 0 Å². The zero-order chi connectivity index (χ0) is 15.6. The summed E-state index contributed by atoms with van der Waals surface area (Å²) in [7, 11) is 0. The quantitative estimate of drug-likeness (QED) is 0.904. The molecular formula is C16H21ClFN3. The van der Waals surface area contributed by atoms with Crippen molar-refractivity contribution < 1.29 is 4.39 Å². The van der Waals surface area contributed by atoms with Gasteiger partial charge in [0.15, 0.2) is 0 Å². The van der Waals surface area contributed by atoms with Crippen LogP contribution in [0.25, 0.3) is 5.69 Å². The van der Waals surface area contributed by atoms with Crippen molar-refractivity contribution in [1.82, 2.24) is 15.1 Å². The molecule has 1 aromatic heterocycles. The molecule has 21 heavy (non-hydrogen) atoms. The summed E-state index contributed by atoms with van der Waals surface area (Å²) >= 11 is 6.18. The minimum atomic E-state index is -0.291. The number of hydrogen-bond acceptors (Lipinski definition) is 2. The Kier molecular flexibility index (Phi) is 5.01. The van der Waals surface area contributed by atoms with Crippen molar-refractivity contribution >= 4 is 11.6 Å². The second-order valence-electron chi connectivity index (χ2n) is 5.67. The fourth-order valence-electron chi connectivity index (χ4n) is 2.28. The topological polar surface area (TPSA) is 29.9 Å². The highest BCUT2D eigenvalue weighted by atomic mass is 35.5. The molecule has 2 aromatic rings. The highest BCUT2D eigenvalue weighted by Crippen LogP contribution is 2.26. The molecule has 114 valence electrons. The van der Waals surface area contributed by atoms with Crippen LogP contribution >= 0.6 is 11.6 Å². The number of hydrogen-bond donors (Lipinski definition) is 1. The molecule has 0 atom stereocenters. The number of nitrogens with zero attached hydrogens (tertiary/aromatic N) is 2. The second-order valence-corrected chi connectivity index (χ2v) is 6.05. The minimum absolute atomic E-state index is 0.291. The summed E-state index contributed by atoms with van der Waals surface area (Å²) in [5, 5.41) is 8.28. The average Bonchev–Trinajstić information content (AvgIpc) is 2.66. The smallest absolute Gasteiger partial charge is 0.149 e. The van der Waals surface area contributed by atoms with E-state index >= 15 is 0 Å². The van der Waals surface area contributed by atoms with Crippen molar-refractivity contribution in [3.8, 4) is 5.69 Å². The van der Waals surface area contributed by atoms with E-state index in [9.17, 15) is 4.39 Å². The van der Waals surface area contributed by atoms with E-state index in [-0.39, 0.29) is 5.82 Å². The van der Waals surface area contributed by atoms with E-state index in [0.29, 0.717) is 28.9 Å². The normalized spacial score (nSPS) is 11.4. The zero-order valence-corrected chi connectivity index (χ0v) is 13.6. The first kappa shape index (κ1) is 16.0. The largest absolute Gasteiger partial charge is 0.312 e. The second kappa shape index (κ2) is 6.58. The lowest BCUT2D eigenvalue weighted by Crippen LogP contribution is -2.20. The van der Waals surface area contributed by atoms with E-state index in [1.165, 1.54) is 6.07 Å². The lowest BCUT2D eigenvalue weighted by Gasteiger charge is -2.14. The van der Waals surface area contributed by atoms with Gasteiger partial charge < -0.3 is 5.32 Å². The lowest BCUT2D eigenvalue weighted by molar-refractivity contribution is 0.546. The molecule has 0 fully saturated rings. The molecular weight excluding hydrogens is 289 g/mol. The highest BCUT2D eigenvalue weighted by molar-refractivity contribution is 6.31. The Balaban J connectivity index is 2.40. The van der Waals surface area contributed by atoms with Crippen molar-refractivity contribution in [2.45, 2.75) is 34.2 Å². The van der Waals surface area contributed by atoms with Crippen LogP contribution in [0.4, 0.5) is 4.39 Å². The van der Waals surface area contributed by atoms with Crippen LogP contribution in [0, 0.1) is 25.6 Å². The van der Waals surface area contributed by atoms with Crippen LogP contribution in [0.2, 0.25) is 5.02 Å². The monoisotopic (exact) mass is 309 g/mol. The molecule has 1 N–H and O–H groups in total. The maximum Gasteiger partial charge on any atom is 0.149 e. The molecule has 0 bridgehead atoms. The van der Waals surface area contributed by atoms with Crippen LogP contribution in [0.15, 0.2) is 18.2 Å². The molecule has 0 aliphatic heterocycles. The molecule has 0 amide bonds. The van der Waals surface area contributed by atoms with Gasteiger partial charge in [-0.05, 0) is 37.9 Å². The fraction of sp³-hybridized carbons (Fsp3) is 0.438. The van der Waals surface area contributed by atoms with Crippen LogP contribution in [-0.2, 0) is 6.54 Å². The Morgan fingerprint density at radius 2 is 2.05 bits per heavy atom. The van der Waals surface area contributed by atoms with Crippen LogP contribution < -0.4 is 5.32 Å². The Bertz CT molecular complexity index is 635. The third kappa shape index (κ3) is 3.44. The molecule has 1 aromatic carbocycles. The fourth-order valence-corrected chi connectivity index (χ4v) is 2.39. The first-order chi connectivity index (χ1) is 9.91. The number of benzene rings is 1. The molecule has 3 nitrogen and oxygen atoms in total. The average molecular weight is 310 g/mol. The van der Waals surface area contributed by atoms with E-state index in [2.05, 4.69) is 24.3 Å². The van der Waals surface area contributed by atoms with Gasteiger partial charge >= 0.3 is 0 Å². The van der Waals surface area contributed by atoms with Gasteiger partial charge in [0.05, 0.1) is 16.4 Å². The van der Waals surface area contributed by atoms with Gasteiger partial charge in [-0.15, -0.1) is 0 Å². The molecule has 0 saturated carbocycles.